The van der Waals surface area contributed by atoms with Crippen LogP contribution in [-0.2, 0) is 11.2 Å². The number of hydrogen-bond donors (Lipinski definition) is 2. The summed E-state index contributed by atoms with van der Waals surface area (Å²) in [7, 11) is 1.74. The van der Waals surface area contributed by atoms with E-state index < -0.39 is 5.60 Å². The van der Waals surface area contributed by atoms with Crippen molar-refractivity contribution in [2.75, 3.05) is 33.2 Å². The van der Waals surface area contributed by atoms with Crippen molar-refractivity contribution in [2.45, 2.75) is 39.7 Å². The number of aliphatic imine (C=N–C) groups is 1. The first-order chi connectivity index (χ1) is 11.4. The highest BCUT2D eigenvalue weighted by Crippen LogP contribution is 2.09. The van der Waals surface area contributed by atoms with Crippen LogP contribution in [0.25, 0.3) is 0 Å². The Morgan fingerprint density at radius 3 is 2.58 bits per heavy atom. The summed E-state index contributed by atoms with van der Waals surface area (Å²) in [5, 5.41) is 8.58. The molecule has 136 valence electrons. The van der Waals surface area contributed by atoms with Gasteiger partial charge in [0.25, 0.3) is 0 Å². The van der Waals surface area contributed by atoms with E-state index in [4.69, 9.17) is 4.74 Å². The van der Waals surface area contributed by atoms with Crippen molar-refractivity contribution in [3.8, 4) is 0 Å². The normalized spacial score (nSPS) is 12.0. The number of nitrogens with zero attached hydrogens (tertiary/aromatic N) is 2. The molecule has 1 amide bonds. The third-order valence-electron chi connectivity index (χ3n) is 3.18. The average molecular weight is 355 g/mol. The van der Waals surface area contributed by atoms with Crippen LogP contribution in [0.1, 0.15) is 32.6 Å². The van der Waals surface area contributed by atoms with Gasteiger partial charge in [0.05, 0.1) is 0 Å². The van der Waals surface area contributed by atoms with Crippen LogP contribution in [0.5, 0.6) is 0 Å². The molecule has 7 heteroatoms. The first kappa shape index (κ1) is 20.3. The van der Waals surface area contributed by atoms with Crippen LogP contribution >= 0.6 is 11.3 Å². The predicted octanol–water partition coefficient (Wildman–Crippen LogP) is 2.71. The van der Waals surface area contributed by atoms with Gasteiger partial charge >= 0.3 is 6.09 Å². The fourth-order valence-electron chi connectivity index (χ4n) is 1.99. The number of likely N-dealkylation sites (N-methyl/N-ethyl adjacent to an activating group) is 1. The summed E-state index contributed by atoms with van der Waals surface area (Å²) in [4.78, 5) is 19.3. The number of ether oxygens (including phenoxy) is 1. The van der Waals surface area contributed by atoms with Crippen LogP contribution in [0.4, 0.5) is 4.79 Å². The minimum absolute atomic E-state index is 0.285. The molecule has 0 aliphatic rings. The summed E-state index contributed by atoms with van der Waals surface area (Å²) in [6.07, 6.45) is 0.685. The fraction of sp³-hybridized carbons (Fsp3) is 0.647. The van der Waals surface area contributed by atoms with Gasteiger partial charge in [-0.3, -0.25) is 4.99 Å². The van der Waals surface area contributed by atoms with Gasteiger partial charge in [-0.2, -0.15) is 0 Å². The molecule has 0 radical (unpaired) electrons. The van der Waals surface area contributed by atoms with Crippen LogP contribution in [0.2, 0.25) is 0 Å². The lowest BCUT2D eigenvalue weighted by atomic mass is 10.2. The van der Waals surface area contributed by atoms with Gasteiger partial charge in [-0.1, -0.05) is 6.07 Å². The van der Waals surface area contributed by atoms with E-state index >= 15 is 0 Å². The molecule has 0 bridgehead atoms. The van der Waals surface area contributed by atoms with Crippen LogP contribution in [-0.4, -0.2) is 55.8 Å². The second-order valence-electron chi connectivity index (χ2n) is 6.32. The SMILES string of the molecule is CCN(CCNC(=NC)NCCc1cccs1)C(=O)OC(C)(C)C. The van der Waals surface area contributed by atoms with Gasteiger partial charge in [0, 0.05) is 38.1 Å². The smallest absolute Gasteiger partial charge is 0.410 e. The molecule has 1 heterocycles. The van der Waals surface area contributed by atoms with Gasteiger partial charge in [0.1, 0.15) is 5.60 Å². The highest BCUT2D eigenvalue weighted by atomic mass is 32.1. The van der Waals surface area contributed by atoms with Gasteiger partial charge in [-0.25, -0.2) is 4.79 Å². The van der Waals surface area contributed by atoms with Crippen LogP contribution in [0, 0.1) is 0 Å². The number of amides is 1. The highest BCUT2D eigenvalue weighted by molar-refractivity contribution is 7.09. The second kappa shape index (κ2) is 10.2. The number of nitrogens with one attached hydrogen (secondary N) is 2. The summed E-state index contributed by atoms with van der Waals surface area (Å²) in [5.41, 5.74) is -0.475. The quantitative estimate of drug-likeness (QED) is 0.584. The van der Waals surface area contributed by atoms with Crippen molar-refractivity contribution in [1.29, 1.82) is 0 Å². The zero-order chi connectivity index (χ0) is 18.0. The van der Waals surface area contributed by atoms with Crippen LogP contribution < -0.4 is 10.6 Å². The van der Waals surface area contributed by atoms with E-state index in [-0.39, 0.29) is 6.09 Å². The maximum Gasteiger partial charge on any atom is 0.410 e. The molecule has 0 atom stereocenters. The number of guanidine groups is 1. The Bertz CT molecular complexity index is 509. The lowest BCUT2D eigenvalue weighted by Gasteiger charge is -2.26. The molecule has 0 saturated carbocycles. The Morgan fingerprint density at radius 1 is 1.33 bits per heavy atom. The van der Waals surface area contributed by atoms with Gasteiger partial charge in [0.15, 0.2) is 5.96 Å². The summed E-state index contributed by atoms with van der Waals surface area (Å²) < 4.78 is 5.40. The molecule has 0 spiro atoms. The molecule has 0 saturated heterocycles. The first-order valence-corrected chi connectivity index (χ1v) is 9.18. The van der Waals surface area contributed by atoms with Gasteiger partial charge < -0.3 is 20.3 Å². The molecule has 0 unspecified atom stereocenters. The molecule has 2 N–H and O–H groups in total. The summed E-state index contributed by atoms with van der Waals surface area (Å²) in [6, 6.07) is 4.19. The Kier molecular flexibility index (Phi) is 8.60. The summed E-state index contributed by atoms with van der Waals surface area (Å²) in [6.45, 7) is 10.2. The van der Waals surface area contributed by atoms with Crippen LogP contribution in [0.3, 0.4) is 0 Å². The molecule has 24 heavy (non-hydrogen) atoms. The number of rotatable bonds is 7. The lowest BCUT2D eigenvalue weighted by Crippen LogP contribution is -2.44. The zero-order valence-electron chi connectivity index (χ0n) is 15.4. The Hall–Kier alpha value is -1.76. The topological polar surface area (TPSA) is 66.0 Å². The Labute approximate surface area is 149 Å². The molecule has 1 rings (SSSR count). The van der Waals surface area contributed by atoms with E-state index in [2.05, 4.69) is 33.1 Å². The van der Waals surface area contributed by atoms with Crippen molar-refractivity contribution in [1.82, 2.24) is 15.5 Å². The van der Waals surface area contributed by atoms with E-state index in [1.54, 1.807) is 23.3 Å². The van der Waals surface area contributed by atoms with E-state index in [0.29, 0.717) is 19.6 Å². The molecule has 0 aliphatic heterocycles. The van der Waals surface area contributed by atoms with Gasteiger partial charge in [0.2, 0.25) is 0 Å². The zero-order valence-corrected chi connectivity index (χ0v) is 16.2. The molecule has 0 aliphatic carbocycles. The third kappa shape index (κ3) is 8.19. The third-order valence-corrected chi connectivity index (χ3v) is 4.11. The first-order valence-electron chi connectivity index (χ1n) is 8.30. The minimum atomic E-state index is -0.475. The number of carbonyl (C=O) groups is 1. The standard InChI is InChI=1S/C17H30N4O2S/c1-6-21(16(22)23-17(2,3)4)12-11-20-15(18-5)19-10-9-14-8-7-13-24-14/h7-8,13H,6,9-12H2,1-5H3,(H2,18,19,20). The largest absolute Gasteiger partial charge is 0.444 e. The van der Waals surface area contributed by atoms with Gasteiger partial charge in [-0.15, -0.1) is 11.3 Å². The summed E-state index contributed by atoms with van der Waals surface area (Å²) in [5.74, 6) is 0.742. The van der Waals surface area contributed by atoms with E-state index in [0.717, 1.165) is 18.9 Å². The monoisotopic (exact) mass is 354 g/mol. The molecular weight excluding hydrogens is 324 g/mol. The predicted molar refractivity (Wildman–Crippen MR) is 101 cm³/mol. The van der Waals surface area contributed by atoms with E-state index in [9.17, 15) is 4.79 Å². The molecule has 6 nitrogen and oxygen atoms in total. The van der Waals surface area contributed by atoms with E-state index in [1.165, 1.54) is 4.88 Å². The molecule has 0 aromatic carbocycles. The summed E-state index contributed by atoms with van der Waals surface area (Å²) >= 11 is 1.76. The Balaban J connectivity index is 2.30. The Morgan fingerprint density at radius 2 is 2.04 bits per heavy atom. The fourth-order valence-corrected chi connectivity index (χ4v) is 2.70. The lowest BCUT2D eigenvalue weighted by molar-refractivity contribution is 0.0264. The van der Waals surface area contributed by atoms with Crippen molar-refractivity contribution >= 4 is 23.4 Å². The van der Waals surface area contributed by atoms with Crippen LogP contribution in [0.15, 0.2) is 22.5 Å². The maximum atomic E-state index is 12.1. The van der Waals surface area contributed by atoms with Crippen molar-refractivity contribution < 1.29 is 9.53 Å². The molecule has 1 aromatic rings. The number of hydrogen-bond acceptors (Lipinski definition) is 4. The molecule has 0 fully saturated rings. The number of carbonyl (C=O) groups excluding carboxylic acids is 1. The minimum Gasteiger partial charge on any atom is -0.444 e. The van der Waals surface area contributed by atoms with Crippen molar-refractivity contribution in [2.24, 2.45) is 4.99 Å². The van der Waals surface area contributed by atoms with Crippen molar-refractivity contribution in [3.63, 3.8) is 0 Å². The maximum absolute atomic E-state index is 12.1. The average Bonchev–Trinajstić information content (AvgIpc) is 3.01. The molecular formula is C17H30N4O2S. The van der Waals surface area contributed by atoms with Gasteiger partial charge in [-0.05, 0) is 45.6 Å². The second-order valence-corrected chi connectivity index (χ2v) is 7.35. The van der Waals surface area contributed by atoms with E-state index in [1.807, 2.05) is 27.7 Å². The number of thiophene rings is 1. The molecule has 1 aromatic heterocycles. The highest BCUT2D eigenvalue weighted by Gasteiger charge is 2.20. The van der Waals surface area contributed by atoms with Crippen molar-refractivity contribution in [3.05, 3.63) is 22.4 Å².